The van der Waals surface area contributed by atoms with E-state index in [1.54, 1.807) is 32.9 Å². The van der Waals surface area contributed by atoms with E-state index in [2.05, 4.69) is 5.32 Å². The highest BCUT2D eigenvalue weighted by atomic mass is 16.6. The Labute approximate surface area is 187 Å². The lowest BCUT2D eigenvalue weighted by molar-refractivity contribution is -0.143. The third-order valence-corrected chi connectivity index (χ3v) is 4.52. The summed E-state index contributed by atoms with van der Waals surface area (Å²) in [5, 5.41) is 2.56. The Balaban J connectivity index is 2.28. The van der Waals surface area contributed by atoms with E-state index in [9.17, 15) is 14.4 Å². The van der Waals surface area contributed by atoms with Crippen molar-refractivity contribution in [3.05, 3.63) is 47.5 Å². The van der Waals surface area contributed by atoms with E-state index in [0.29, 0.717) is 22.6 Å². The first-order chi connectivity index (χ1) is 15.1. The van der Waals surface area contributed by atoms with Gasteiger partial charge < -0.3 is 24.3 Å². The molecule has 8 nitrogen and oxygen atoms in total. The van der Waals surface area contributed by atoms with Crippen LogP contribution in [0.2, 0.25) is 0 Å². The summed E-state index contributed by atoms with van der Waals surface area (Å²) in [4.78, 5) is 35.5. The molecule has 0 saturated carbocycles. The molecule has 2 aromatic carbocycles. The highest BCUT2D eigenvalue weighted by molar-refractivity contribution is 5.85. The number of hydrogen-bond donors (Lipinski definition) is 1. The molecule has 1 atom stereocenters. The van der Waals surface area contributed by atoms with Crippen LogP contribution in [0.5, 0.6) is 11.5 Å². The fourth-order valence-electron chi connectivity index (χ4n) is 3.11. The van der Waals surface area contributed by atoms with Crippen LogP contribution in [0.4, 0.5) is 4.79 Å². The van der Waals surface area contributed by atoms with E-state index in [-0.39, 0.29) is 6.42 Å². The van der Waals surface area contributed by atoms with Crippen molar-refractivity contribution in [1.82, 2.24) is 5.32 Å². The van der Waals surface area contributed by atoms with Crippen LogP contribution in [-0.2, 0) is 20.7 Å². The Hall–Kier alpha value is -3.55. The molecule has 1 unspecified atom stereocenters. The molecule has 32 heavy (non-hydrogen) atoms. The van der Waals surface area contributed by atoms with Gasteiger partial charge in [0.15, 0.2) is 0 Å². The minimum absolute atomic E-state index is 0.213. The van der Waals surface area contributed by atoms with Gasteiger partial charge in [0.2, 0.25) is 0 Å². The highest BCUT2D eigenvalue weighted by Crippen LogP contribution is 2.39. The number of ether oxygens (including phenoxy) is 4. The topological polar surface area (TPSA) is 100 Å². The molecule has 0 fully saturated rings. The zero-order valence-corrected chi connectivity index (χ0v) is 19.2. The maximum atomic E-state index is 12.2. The van der Waals surface area contributed by atoms with Crippen molar-refractivity contribution in [2.45, 2.75) is 38.8 Å². The van der Waals surface area contributed by atoms with Gasteiger partial charge in [0.05, 0.1) is 26.9 Å². The number of methoxy groups -OCH3 is 3. The molecule has 0 aromatic heterocycles. The van der Waals surface area contributed by atoms with Crippen molar-refractivity contribution >= 4 is 18.3 Å². The number of nitrogens with one attached hydrogen (secondary N) is 1. The summed E-state index contributed by atoms with van der Waals surface area (Å²) in [6.45, 7) is 5.22. The average Bonchev–Trinajstić information content (AvgIpc) is 2.76. The van der Waals surface area contributed by atoms with E-state index in [4.69, 9.17) is 18.9 Å². The van der Waals surface area contributed by atoms with Gasteiger partial charge in [-0.25, -0.2) is 9.59 Å². The van der Waals surface area contributed by atoms with E-state index in [0.717, 1.165) is 17.4 Å². The molecule has 8 heteroatoms. The van der Waals surface area contributed by atoms with Crippen molar-refractivity contribution in [3.63, 3.8) is 0 Å². The Kier molecular flexibility index (Phi) is 8.23. The largest absolute Gasteiger partial charge is 0.496 e. The van der Waals surface area contributed by atoms with Gasteiger partial charge in [0, 0.05) is 12.0 Å². The van der Waals surface area contributed by atoms with Crippen LogP contribution in [0.1, 0.15) is 36.7 Å². The SMILES string of the molecule is COC(=O)C(Cc1ccc(-c2c(OC)cc(C=O)cc2OC)cc1)NC(=O)OC(C)(C)C. The molecule has 0 radical (unpaired) electrons. The number of rotatable bonds is 8. The van der Waals surface area contributed by atoms with Crippen LogP contribution in [-0.4, -0.2) is 51.3 Å². The van der Waals surface area contributed by atoms with Crippen LogP contribution in [0.15, 0.2) is 36.4 Å². The predicted octanol–water partition coefficient (Wildman–Crippen LogP) is 3.79. The normalized spacial score (nSPS) is 11.8. The average molecular weight is 443 g/mol. The maximum absolute atomic E-state index is 12.2. The van der Waals surface area contributed by atoms with Gasteiger partial charge in [0.25, 0.3) is 0 Å². The second-order valence-electron chi connectivity index (χ2n) is 8.04. The fraction of sp³-hybridized carbons (Fsp3) is 0.375. The van der Waals surface area contributed by atoms with Crippen LogP contribution < -0.4 is 14.8 Å². The minimum Gasteiger partial charge on any atom is -0.496 e. The summed E-state index contributed by atoms with van der Waals surface area (Å²) < 4.78 is 21.0. The Bertz CT molecular complexity index is 936. The lowest BCUT2D eigenvalue weighted by Gasteiger charge is -2.22. The lowest BCUT2D eigenvalue weighted by Crippen LogP contribution is -2.45. The smallest absolute Gasteiger partial charge is 0.408 e. The van der Waals surface area contributed by atoms with Crippen molar-refractivity contribution in [1.29, 1.82) is 0 Å². The third kappa shape index (κ3) is 6.47. The molecule has 172 valence electrons. The van der Waals surface area contributed by atoms with Gasteiger partial charge in [-0.1, -0.05) is 24.3 Å². The summed E-state index contributed by atoms with van der Waals surface area (Å²) in [5.74, 6) is 0.421. The van der Waals surface area contributed by atoms with Gasteiger partial charge in [-0.2, -0.15) is 0 Å². The minimum atomic E-state index is -0.906. The number of hydrogen-bond acceptors (Lipinski definition) is 7. The maximum Gasteiger partial charge on any atom is 0.408 e. The number of esters is 1. The number of carbonyl (C=O) groups excluding carboxylic acids is 3. The fourth-order valence-corrected chi connectivity index (χ4v) is 3.11. The number of benzene rings is 2. The summed E-state index contributed by atoms with van der Waals surface area (Å²) >= 11 is 0. The quantitative estimate of drug-likeness (QED) is 0.489. The molecule has 0 saturated heterocycles. The molecule has 1 N–H and O–H groups in total. The van der Waals surface area contributed by atoms with Gasteiger partial charge in [-0.05, 0) is 44.0 Å². The van der Waals surface area contributed by atoms with Gasteiger partial charge in [-0.3, -0.25) is 4.79 Å². The molecule has 2 rings (SSSR count). The van der Waals surface area contributed by atoms with Crippen molar-refractivity contribution in [2.75, 3.05) is 21.3 Å². The van der Waals surface area contributed by atoms with Crippen LogP contribution in [0, 0.1) is 0 Å². The lowest BCUT2D eigenvalue weighted by atomic mass is 9.98. The zero-order chi connectivity index (χ0) is 23.9. The van der Waals surface area contributed by atoms with Crippen molar-refractivity contribution in [3.8, 4) is 22.6 Å². The molecular formula is C24H29NO7. The first-order valence-electron chi connectivity index (χ1n) is 9.99. The summed E-state index contributed by atoms with van der Waals surface area (Å²) in [7, 11) is 4.30. The van der Waals surface area contributed by atoms with E-state index in [1.165, 1.54) is 21.3 Å². The van der Waals surface area contributed by atoms with E-state index >= 15 is 0 Å². The number of carbonyl (C=O) groups is 3. The molecule has 0 spiro atoms. The van der Waals surface area contributed by atoms with Crippen molar-refractivity contribution < 1.29 is 33.3 Å². The molecular weight excluding hydrogens is 414 g/mol. The molecule has 0 aliphatic rings. The van der Waals surface area contributed by atoms with Gasteiger partial charge >= 0.3 is 12.1 Å². The van der Waals surface area contributed by atoms with Gasteiger partial charge in [-0.15, -0.1) is 0 Å². The van der Waals surface area contributed by atoms with E-state index in [1.807, 2.05) is 24.3 Å². The van der Waals surface area contributed by atoms with Crippen LogP contribution >= 0.6 is 0 Å². The molecule has 1 amide bonds. The van der Waals surface area contributed by atoms with Crippen LogP contribution in [0.25, 0.3) is 11.1 Å². The Morgan fingerprint density at radius 2 is 1.56 bits per heavy atom. The van der Waals surface area contributed by atoms with Gasteiger partial charge in [0.1, 0.15) is 29.4 Å². The Morgan fingerprint density at radius 1 is 1.00 bits per heavy atom. The monoisotopic (exact) mass is 443 g/mol. The first-order valence-corrected chi connectivity index (χ1v) is 9.99. The molecule has 2 aromatic rings. The van der Waals surface area contributed by atoms with Crippen molar-refractivity contribution in [2.24, 2.45) is 0 Å². The summed E-state index contributed by atoms with van der Waals surface area (Å²) in [6, 6.07) is 9.71. The van der Waals surface area contributed by atoms with Crippen LogP contribution in [0.3, 0.4) is 0 Å². The Morgan fingerprint density at radius 3 is 2.00 bits per heavy atom. The molecule has 0 bridgehead atoms. The first kappa shape index (κ1) is 24.7. The number of aldehydes is 1. The second kappa shape index (κ2) is 10.7. The summed E-state index contributed by atoms with van der Waals surface area (Å²) in [6.07, 6.45) is 0.238. The number of amides is 1. The standard InChI is InChI=1S/C24H29NO7/c1-24(2,3)32-23(28)25-18(22(27)31-6)11-15-7-9-17(10-8-15)21-19(29-4)12-16(14-26)13-20(21)30-5/h7-10,12-14,18H,11H2,1-6H3,(H,25,28). The third-order valence-electron chi connectivity index (χ3n) is 4.52. The number of alkyl carbamates (subject to hydrolysis) is 1. The summed E-state index contributed by atoms with van der Waals surface area (Å²) in [5.41, 5.74) is 2.04. The zero-order valence-electron chi connectivity index (χ0n) is 19.2. The van der Waals surface area contributed by atoms with E-state index < -0.39 is 23.7 Å². The second-order valence-corrected chi connectivity index (χ2v) is 8.04. The highest BCUT2D eigenvalue weighted by Gasteiger charge is 2.25. The molecule has 0 aliphatic heterocycles. The molecule has 0 aliphatic carbocycles. The predicted molar refractivity (Wildman–Crippen MR) is 119 cm³/mol. The molecule has 0 heterocycles.